The molecular weight excluding hydrogens is 526 g/mol. The minimum Gasteiger partial charge on any atom is -0.507 e. The van der Waals surface area contributed by atoms with Crippen LogP contribution in [0.3, 0.4) is 0 Å². The number of hydrogen-bond acceptors (Lipinski definition) is 9. The summed E-state index contributed by atoms with van der Waals surface area (Å²) in [7, 11) is 6.98. The van der Waals surface area contributed by atoms with Crippen molar-refractivity contribution in [2.24, 2.45) is 23.5 Å². The van der Waals surface area contributed by atoms with E-state index in [1.165, 1.54) is 0 Å². The molecule has 6 atom stereocenters. The maximum absolute atomic E-state index is 14.1. The zero-order valence-electron chi connectivity index (χ0n) is 23.7. The van der Waals surface area contributed by atoms with E-state index in [0.29, 0.717) is 24.0 Å². The summed E-state index contributed by atoms with van der Waals surface area (Å²) in [6, 6.07) is 10.7. The summed E-state index contributed by atoms with van der Waals surface area (Å²) in [6.45, 7) is 0. The van der Waals surface area contributed by atoms with Gasteiger partial charge in [0.1, 0.15) is 17.4 Å². The topological polar surface area (TPSA) is 165 Å². The molecule has 41 heavy (non-hydrogen) atoms. The number of Topliss-reactive ketones (excluding diaryl/α,β-unsaturated/α-hetero) is 2. The van der Waals surface area contributed by atoms with E-state index in [-0.39, 0.29) is 29.7 Å². The summed E-state index contributed by atoms with van der Waals surface area (Å²) in [5.74, 6) is -7.39. The monoisotopic (exact) mass is 563 g/mol. The number of ketones is 2. The van der Waals surface area contributed by atoms with E-state index >= 15 is 0 Å². The zero-order chi connectivity index (χ0) is 30.0. The molecule has 1 amide bonds. The molecule has 0 saturated heterocycles. The molecule has 2 saturated carbocycles. The Labute approximate surface area is 238 Å². The molecule has 6 N–H and O–H groups in total. The van der Waals surface area contributed by atoms with E-state index in [1.54, 1.807) is 19.0 Å². The highest BCUT2D eigenvalue weighted by Gasteiger charge is 2.67. The van der Waals surface area contributed by atoms with Gasteiger partial charge < -0.3 is 36.0 Å². The summed E-state index contributed by atoms with van der Waals surface area (Å²) >= 11 is 0. The lowest BCUT2D eigenvalue weighted by Gasteiger charge is -2.53. The van der Waals surface area contributed by atoms with Crippen molar-refractivity contribution in [3.63, 3.8) is 0 Å². The summed E-state index contributed by atoms with van der Waals surface area (Å²) in [5, 5.41) is 45.9. The Balaban J connectivity index is 1.65. The largest absolute Gasteiger partial charge is 0.507 e. The number of aliphatic hydroxyl groups excluding tert-OH is 2. The number of nitrogens with zero attached hydrogens (tertiary/aromatic N) is 2. The Bertz CT molecular complexity index is 1450. The maximum Gasteiger partial charge on any atom is 0.230 e. The second-order valence-electron chi connectivity index (χ2n) is 11.9. The van der Waals surface area contributed by atoms with Crippen molar-refractivity contribution in [1.82, 2.24) is 4.90 Å². The highest BCUT2D eigenvalue weighted by molar-refractivity contribution is 6.25. The highest BCUT2D eigenvalue weighted by Crippen LogP contribution is 2.53. The number of aromatic hydroxyl groups is 1. The molecule has 0 aromatic heterocycles. The van der Waals surface area contributed by atoms with Crippen LogP contribution < -0.4 is 10.6 Å². The molecule has 0 spiro atoms. The zero-order valence-corrected chi connectivity index (χ0v) is 23.7. The number of amides is 1. The second kappa shape index (κ2) is 10.3. The van der Waals surface area contributed by atoms with Crippen LogP contribution in [0.15, 0.2) is 42.0 Å². The van der Waals surface area contributed by atoms with Crippen molar-refractivity contribution >= 4 is 28.9 Å². The van der Waals surface area contributed by atoms with Gasteiger partial charge in [0.25, 0.3) is 0 Å². The van der Waals surface area contributed by atoms with Crippen molar-refractivity contribution < 1.29 is 34.8 Å². The molecule has 2 unspecified atom stereocenters. The molecule has 0 bridgehead atoms. The molecule has 0 radical (unpaired) electrons. The van der Waals surface area contributed by atoms with Crippen LogP contribution in [0.1, 0.15) is 28.7 Å². The average molecular weight is 564 g/mol. The first kappa shape index (κ1) is 28.8. The molecule has 3 aliphatic carbocycles. The Kier molecular flexibility index (Phi) is 7.21. The number of aliphatic hydroxyl groups is 3. The SMILES string of the molecule is CN(C)c1cc(CCc2ccccc2)c(O)c2c1C[C@@H]1C[C@@H]3[C@@H](N(C)C)C(O)C(C(N)=O)C(=O)[C@]3(O)C(=O)C1=C2O. The fourth-order valence-corrected chi connectivity index (χ4v) is 7.22. The van der Waals surface area contributed by atoms with Gasteiger partial charge in [0, 0.05) is 37.3 Å². The first-order chi connectivity index (χ1) is 19.3. The minimum absolute atomic E-state index is 0.0849. The van der Waals surface area contributed by atoms with Crippen molar-refractivity contribution in [3.8, 4) is 5.75 Å². The molecule has 2 aromatic rings. The quantitative estimate of drug-likeness (QED) is 0.322. The van der Waals surface area contributed by atoms with Crippen molar-refractivity contribution in [3.05, 3.63) is 64.2 Å². The van der Waals surface area contributed by atoms with Crippen molar-refractivity contribution in [1.29, 1.82) is 0 Å². The summed E-state index contributed by atoms with van der Waals surface area (Å²) in [5.41, 5.74) is 5.83. The molecule has 2 aromatic carbocycles. The maximum atomic E-state index is 14.1. The lowest BCUT2D eigenvalue weighted by atomic mass is 9.54. The van der Waals surface area contributed by atoms with Gasteiger partial charge in [-0.15, -0.1) is 0 Å². The van der Waals surface area contributed by atoms with Gasteiger partial charge in [-0.2, -0.15) is 0 Å². The summed E-state index contributed by atoms with van der Waals surface area (Å²) in [4.78, 5) is 43.3. The Morgan fingerprint density at radius 2 is 1.73 bits per heavy atom. The van der Waals surface area contributed by atoms with Crippen LogP contribution in [-0.2, 0) is 33.6 Å². The third-order valence-electron chi connectivity index (χ3n) is 9.15. The van der Waals surface area contributed by atoms with Crippen LogP contribution in [0.4, 0.5) is 5.69 Å². The van der Waals surface area contributed by atoms with Crippen LogP contribution in [-0.4, -0.2) is 88.7 Å². The number of anilines is 1. The lowest BCUT2D eigenvalue weighted by molar-refractivity contribution is -0.184. The Hall–Kier alpha value is -3.73. The average Bonchev–Trinajstić information content (AvgIpc) is 2.90. The number of rotatable bonds is 6. The van der Waals surface area contributed by atoms with Gasteiger partial charge >= 0.3 is 0 Å². The van der Waals surface area contributed by atoms with Gasteiger partial charge in [-0.3, -0.25) is 14.4 Å². The molecular formula is C31H37N3O7. The number of likely N-dealkylation sites (N-methyl/N-ethyl adjacent to an activating group) is 1. The first-order valence-corrected chi connectivity index (χ1v) is 13.8. The van der Waals surface area contributed by atoms with E-state index in [2.05, 4.69) is 0 Å². The molecule has 10 nitrogen and oxygen atoms in total. The van der Waals surface area contributed by atoms with E-state index in [0.717, 1.165) is 11.3 Å². The Morgan fingerprint density at radius 3 is 2.32 bits per heavy atom. The predicted molar refractivity (Wildman–Crippen MR) is 152 cm³/mol. The van der Waals surface area contributed by atoms with Gasteiger partial charge in [-0.05, 0) is 68.5 Å². The van der Waals surface area contributed by atoms with Crippen molar-refractivity contribution in [2.45, 2.75) is 43.4 Å². The third kappa shape index (κ3) is 4.32. The van der Waals surface area contributed by atoms with Crippen LogP contribution >= 0.6 is 0 Å². The van der Waals surface area contributed by atoms with Gasteiger partial charge in [0.05, 0.1) is 11.7 Å². The van der Waals surface area contributed by atoms with Gasteiger partial charge in [-0.1, -0.05) is 30.3 Å². The number of carbonyl (C=O) groups excluding carboxylic acids is 3. The van der Waals surface area contributed by atoms with Crippen LogP contribution in [0.5, 0.6) is 5.75 Å². The van der Waals surface area contributed by atoms with Crippen LogP contribution in [0, 0.1) is 17.8 Å². The Morgan fingerprint density at radius 1 is 1.07 bits per heavy atom. The number of nitrogens with two attached hydrogens (primary N) is 1. The van der Waals surface area contributed by atoms with E-state index < -0.39 is 58.7 Å². The highest BCUT2D eigenvalue weighted by atomic mass is 16.3. The van der Waals surface area contributed by atoms with Gasteiger partial charge in [-0.25, -0.2) is 0 Å². The third-order valence-corrected chi connectivity index (χ3v) is 9.15. The van der Waals surface area contributed by atoms with Gasteiger partial charge in [0.2, 0.25) is 11.7 Å². The number of hydrogen-bond donors (Lipinski definition) is 5. The second-order valence-corrected chi connectivity index (χ2v) is 11.9. The number of phenols is 1. The number of benzene rings is 2. The standard InChI is InChI=1S/C31H37N3O7/c1-33(2)20-14-16(11-10-15-8-6-5-7-9-15)25(35)22-18(20)12-17-13-19-24(34(3)4)27(37)23(30(32)40)29(39)31(19,41)28(38)21(17)26(22)36/h5-9,14,17,19,23-24,27,35-37,41H,10-13H2,1-4H3,(H2,32,40)/t17-,19-,23?,24-,27?,31-/m1/s1. The fraction of sp³-hybridized carbons (Fsp3) is 0.452. The first-order valence-electron chi connectivity index (χ1n) is 13.8. The molecule has 10 heteroatoms. The number of primary amides is 1. The lowest BCUT2D eigenvalue weighted by Crippen LogP contribution is -2.73. The predicted octanol–water partition coefficient (Wildman–Crippen LogP) is 0.980. The number of fused-ring (bicyclic) bond motifs is 3. The number of carbonyl (C=O) groups is 3. The molecule has 3 aliphatic rings. The van der Waals surface area contributed by atoms with Crippen LogP contribution in [0.25, 0.3) is 5.76 Å². The van der Waals surface area contributed by atoms with E-state index in [9.17, 15) is 34.8 Å². The summed E-state index contributed by atoms with van der Waals surface area (Å²) in [6.07, 6.45) is -0.0655. The minimum atomic E-state index is -2.67. The van der Waals surface area contributed by atoms with Gasteiger partial charge in [0.15, 0.2) is 11.4 Å². The summed E-state index contributed by atoms with van der Waals surface area (Å²) < 4.78 is 0. The van der Waals surface area contributed by atoms with E-state index in [1.807, 2.05) is 55.4 Å². The fourth-order valence-electron chi connectivity index (χ4n) is 7.22. The number of phenolic OH excluding ortho intramolecular Hbond substituents is 1. The number of aryl methyl sites for hydroxylation is 2. The molecule has 5 rings (SSSR count). The molecule has 0 heterocycles. The van der Waals surface area contributed by atoms with Crippen LogP contribution in [0.2, 0.25) is 0 Å². The molecule has 218 valence electrons. The molecule has 0 aliphatic heterocycles. The molecule has 2 fully saturated rings. The normalized spacial score (nSPS) is 29.2. The van der Waals surface area contributed by atoms with Crippen molar-refractivity contribution in [2.75, 3.05) is 33.1 Å². The van der Waals surface area contributed by atoms with E-state index in [4.69, 9.17) is 5.73 Å². The smallest absolute Gasteiger partial charge is 0.230 e.